The van der Waals surface area contributed by atoms with Crippen LogP contribution in [0, 0.1) is 0 Å². The number of hydrogen-bond donors (Lipinski definition) is 1. The summed E-state index contributed by atoms with van der Waals surface area (Å²) in [7, 11) is 1.62. The maximum absolute atomic E-state index is 5.84. The first kappa shape index (κ1) is 15.1. The molecular formula is C14H14Br2N2O2. The van der Waals surface area contributed by atoms with Gasteiger partial charge in [0.1, 0.15) is 17.2 Å². The Hall–Kier alpha value is -1.27. The van der Waals surface area contributed by atoms with Gasteiger partial charge in [0.2, 0.25) is 0 Å². The Bertz CT molecular complexity index is 606. The Kier molecular flexibility index (Phi) is 5.25. The van der Waals surface area contributed by atoms with Crippen LogP contribution >= 0.6 is 31.9 Å². The molecular weight excluding hydrogens is 388 g/mol. The highest BCUT2D eigenvalue weighted by atomic mass is 79.9. The molecule has 20 heavy (non-hydrogen) atoms. The second kappa shape index (κ2) is 6.95. The summed E-state index contributed by atoms with van der Waals surface area (Å²) in [4.78, 5) is 4.15. The summed E-state index contributed by atoms with van der Waals surface area (Å²) in [6, 6.07) is 5.60. The van der Waals surface area contributed by atoms with E-state index in [0.717, 1.165) is 26.9 Å². The number of nitrogens with one attached hydrogen (secondary N) is 1. The fourth-order valence-electron chi connectivity index (χ4n) is 1.65. The minimum absolute atomic E-state index is 0.668. The van der Waals surface area contributed by atoms with Crippen LogP contribution in [0.25, 0.3) is 0 Å². The van der Waals surface area contributed by atoms with Crippen LogP contribution in [0.5, 0.6) is 17.2 Å². The van der Waals surface area contributed by atoms with Gasteiger partial charge in [-0.2, -0.15) is 0 Å². The summed E-state index contributed by atoms with van der Waals surface area (Å²) in [5, 5.41) is 3.19. The summed E-state index contributed by atoms with van der Waals surface area (Å²) in [5.74, 6) is 2.10. The quantitative estimate of drug-likeness (QED) is 0.778. The van der Waals surface area contributed by atoms with Crippen LogP contribution in [0.2, 0.25) is 0 Å². The van der Waals surface area contributed by atoms with E-state index in [2.05, 4.69) is 42.2 Å². The number of ether oxygens (including phenoxy) is 2. The molecule has 4 nitrogen and oxygen atoms in total. The molecule has 1 aromatic carbocycles. The lowest BCUT2D eigenvalue weighted by molar-refractivity contribution is 0.409. The third-order valence-electron chi connectivity index (χ3n) is 2.53. The largest absolute Gasteiger partial charge is 0.496 e. The number of benzene rings is 1. The summed E-state index contributed by atoms with van der Waals surface area (Å²) in [6.45, 7) is 2.87. The zero-order chi connectivity index (χ0) is 14.5. The fourth-order valence-corrected chi connectivity index (χ4v) is 2.53. The Labute approximate surface area is 134 Å². The number of hydrogen-bond acceptors (Lipinski definition) is 4. The van der Waals surface area contributed by atoms with E-state index >= 15 is 0 Å². The summed E-state index contributed by atoms with van der Waals surface area (Å²) < 4.78 is 12.7. The molecule has 0 unspecified atom stereocenters. The number of aromatic nitrogens is 1. The van der Waals surface area contributed by atoms with E-state index in [0.29, 0.717) is 11.5 Å². The van der Waals surface area contributed by atoms with E-state index in [1.165, 1.54) is 0 Å². The van der Waals surface area contributed by atoms with Gasteiger partial charge >= 0.3 is 0 Å². The normalized spacial score (nSPS) is 10.2. The molecule has 0 atom stereocenters. The topological polar surface area (TPSA) is 43.4 Å². The molecule has 0 spiro atoms. The first-order valence-corrected chi connectivity index (χ1v) is 7.62. The van der Waals surface area contributed by atoms with Crippen molar-refractivity contribution in [1.29, 1.82) is 0 Å². The molecule has 106 valence electrons. The molecule has 0 bridgehead atoms. The van der Waals surface area contributed by atoms with Crippen LogP contribution in [0.15, 0.2) is 39.5 Å². The van der Waals surface area contributed by atoms with Gasteiger partial charge in [0.05, 0.1) is 34.1 Å². The van der Waals surface area contributed by atoms with E-state index in [9.17, 15) is 0 Å². The number of rotatable bonds is 5. The van der Waals surface area contributed by atoms with Crippen molar-refractivity contribution < 1.29 is 9.47 Å². The first-order valence-electron chi connectivity index (χ1n) is 6.04. The van der Waals surface area contributed by atoms with Crippen LogP contribution in [0.3, 0.4) is 0 Å². The monoisotopic (exact) mass is 400 g/mol. The van der Waals surface area contributed by atoms with Gasteiger partial charge in [-0.05, 0) is 50.9 Å². The molecule has 0 aliphatic heterocycles. The molecule has 1 N–H and O–H groups in total. The molecule has 1 heterocycles. The van der Waals surface area contributed by atoms with Crippen molar-refractivity contribution in [2.75, 3.05) is 19.0 Å². The Morgan fingerprint density at radius 2 is 1.80 bits per heavy atom. The molecule has 0 radical (unpaired) electrons. The minimum atomic E-state index is 0.668. The van der Waals surface area contributed by atoms with E-state index in [1.807, 2.05) is 25.1 Å². The predicted octanol–water partition coefficient (Wildman–Crippen LogP) is 4.84. The zero-order valence-electron chi connectivity index (χ0n) is 11.1. The van der Waals surface area contributed by atoms with Gasteiger partial charge in [-0.15, -0.1) is 0 Å². The Balaban J connectivity index is 2.25. The van der Waals surface area contributed by atoms with Crippen molar-refractivity contribution in [3.63, 3.8) is 0 Å². The number of halogens is 2. The van der Waals surface area contributed by atoms with E-state index in [-0.39, 0.29) is 0 Å². The molecule has 0 aliphatic carbocycles. The van der Waals surface area contributed by atoms with E-state index in [1.54, 1.807) is 19.5 Å². The lowest BCUT2D eigenvalue weighted by Crippen LogP contribution is -1.97. The average molecular weight is 402 g/mol. The van der Waals surface area contributed by atoms with Crippen molar-refractivity contribution in [3.8, 4) is 17.2 Å². The molecule has 2 aromatic rings. The Morgan fingerprint density at radius 3 is 2.50 bits per heavy atom. The molecule has 1 aromatic heterocycles. The van der Waals surface area contributed by atoms with Gasteiger partial charge in [-0.25, -0.2) is 0 Å². The molecule has 2 rings (SSSR count). The molecule has 0 fully saturated rings. The van der Waals surface area contributed by atoms with Crippen molar-refractivity contribution in [1.82, 2.24) is 4.98 Å². The van der Waals surface area contributed by atoms with Crippen molar-refractivity contribution in [2.24, 2.45) is 0 Å². The molecule has 0 saturated heterocycles. The maximum atomic E-state index is 5.84. The van der Waals surface area contributed by atoms with Crippen molar-refractivity contribution in [2.45, 2.75) is 6.92 Å². The predicted molar refractivity (Wildman–Crippen MR) is 86.9 cm³/mol. The first-order chi connectivity index (χ1) is 9.63. The van der Waals surface area contributed by atoms with E-state index in [4.69, 9.17) is 9.47 Å². The standard InChI is InChI=1S/C14H14Br2N2O2/c1-3-18-9-4-10(8-17-7-9)20-14-6-11(15)13(19-2)5-12(14)16/h4-8,18H,3H2,1-2H3. The highest BCUT2D eigenvalue weighted by molar-refractivity contribution is 9.11. The molecule has 0 amide bonds. The summed E-state index contributed by atoms with van der Waals surface area (Å²) in [5.41, 5.74) is 0.925. The van der Waals surface area contributed by atoms with Crippen molar-refractivity contribution in [3.05, 3.63) is 39.5 Å². The number of anilines is 1. The molecule has 0 aliphatic rings. The third-order valence-corrected chi connectivity index (χ3v) is 3.77. The van der Waals surface area contributed by atoms with Gasteiger partial charge in [0.15, 0.2) is 0 Å². The van der Waals surface area contributed by atoms with Gasteiger partial charge in [0, 0.05) is 12.6 Å². The fraction of sp³-hybridized carbons (Fsp3) is 0.214. The van der Waals surface area contributed by atoms with Crippen LogP contribution in [-0.4, -0.2) is 18.6 Å². The SMILES string of the molecule is CCNc1cncc(Oc2cc(Br)c(OC)cc2Br)c1. The number of methoxy groups -OCH3 is 1. The van der Waals surface area contributed by atoms with Gasteiger partial charge < -0.3 is 14.8 Å². The summed E-state index contributed by atoms with van der Waals surface area (Å²) >= 11 is 6.91. The number of pyridine rings is 1. The van der Waals surface area contributed by atoms with Crippen LogP contribution in [0.1, 0.15) is 6.92 Å². The second-order valence-electron chi connectivity index (χ2n) is 3.96. The smallest absolute Gasteiger partial charge is 0.147 e. The Morgan fingerprint density at radius 1 is 1.10 bits per heavy atom. The minimum Gasteiger partial charge on any atom is -0.496 e. The van der Waals surface area contributed by atoms with Crippen molar-refractivity contribution >= 4 is 37.5 Å². The average Bonchev–Trinajstić information content (AvgIpc) is 2.43. The summed E-state index contributed by atoms with van der Waals surface area (Å²) in [6.07, 6.45) is 3.43. The zero-order valence-corrected chi connectivity index (χ0v) is 14.3. The lowest BCUT2D eigenvalue weighted by atomic mass is 10.3. The van der Waals surface area contributed by atoms with Gasteiger partial charge in [-0.1, -0.05) is 0 Å². The van der Waals surface area contributed by atoms with Gasteiger partial charge in [0.25, 0.3) is 0 Å². The molecule has 6 heteroatoms. The van der Waals surface area contributed by atoms with E-state index < -0.39 is 0 Å². The van der Waals surface area contributed by atoms with Crippen LogP contribution in [-0.2, 0) is 0 Å². The molecule has 0 saturated carbocycles. The second-order valence-corrected chi connectivity index (χ2v) is 5.67. The van der Waals surface area contributed by atoms with Crippen LogP contribution < -0.4 is 14.8 Å². The highest BCUT2D eigenvalue weighted by Crippen LogP contribution is 2.38. The highest BCUT2D eigenvalue weighted by Gasteiger charge is 2.09. The maximum Gasteiger partial charge on any atom is 0.147 e. The third kappa shape index (κ3) is 3.64. The van der Waals surface area contributed by atoms with Gasteiger partial charge in [-0.3, -0.25) is 4.98 Å². The lowest BCUT2D eigenvalue weighted by Gasteiger charge is -2.11. The number of nitrogens with zero attached hydrogens (tertiary/aromatic N) is 1. The van der Waals surface area contributed by atoms with Crippen LogP contribution in [0.4, 0.5) is 5.69 Å².